The number of imide groups is 2. The summed E-state index contributed by atoms with van der Waals surface area (Å²) in [6.07, 6.45) is 2.40. The van der Waals surface area contributed by atoms with Crippen molar-refractivity contribution in [1.29, 1.82) is 0 Å². The number of urea groups is 1. The molecular formula is C24H23Cl2N3O3. The number of rotatable bonds is 2. The van der Waals surface area contributed by atoms with Crippen LogP contribution in [-0.4, -0.2) is 30.4 Å². The van der Waals surface area contributed by atoms with Crippen LogP contribution in [0.4, 0.5) is 16.2 Å². The molecule has 2 aliphatic heterocycles. The highest BCUT2D eigenvalue weighted by atomic mass is 35.5. The molecule has 4 amide bonds. The summed E-state index contributed by atoms with van der Waals surface area (Å²) in [6.45, 7) is 6.52. The summed E-state index contributed by atoms with van der Waals surface area (Å²) in [6, 6.07) is 9.19. The molecule has 1 atom stereocenters. The lowest BCUT2D eigenvalue weighted by Crippen LogP contribution is -2.54. The topological polar surface area (TPSA) is 69.7 Å². The first-order chi connectivity index (χ1) is 15.0. The smallest absolute Gasteiger partial charge is 0.335 e. The normalized spacial score (nSPS) is 21.6. The highest BCUT2D eigenvalue weighted by Gasteiger charge is 2.38. The number of nitrogens with one attached hydrogen (secondary N) is 1. The van der Waals surface area contributed by atoms with Crippen LogP contribution in [0.3, 0.4) is 0 Å². The first-order valence-corrected chi connectivity index (χ1v) is 11.0. The van der Waals surface area contributed by atoms with Gasteiger partial charge in [0.05, 0.1) is 5.69 Å². The van der Waals surface area contributed by atoms with E-state index >= 15 is 0 Å². The van der Waals surface area contributed by atoms with Crippen molar-refractivity contribution < 1.29 is 14.4 Å². The Kier molecular flexibility index (Phi) is 5.55. The standard InChI is InChI=1S/C24H23Cl2N3O3/c1-13-12-24(2,3)28(4)20-11-19(26)14(9-17(13)20)10-18-21(30)27-23(32)29(22(18)31)16-7-5-15(25)6-8-16/h5-11,13H,12H2,1-4H3,(H,27,30,32)/b18-10+. The zero-order chi connectivity index (χ0) is 23.4. The van der Waals surface area contributed by atoms with Gasteiger partial charge in [0.15, 0.2) is 0 Å². The number of anilines is 2. The van der Waals surface area contributed by atoms with E-state index in [4.69, 9.17) is 23.2 Å². The summed E-state index contributed by atoms with van der Waals surface area (Å²) in [5.41, 5.74) is 2.79. The fourth-order valence-corrected chi connectivity index (χ4v) is 4.69. The molecule has 1 saturated heterocycles. The molecule has 6 nitrogen and oxygen atoms in total. The monoisotopic (exact) mass is 471 g/mol. The Morgan fingerprint density at radius 1 is 1.09 bits per heavy atom. The summed E-state index contributed by atoms with van der Waals surface area (Å²) < 4.78 is 0. The average molecular weight is 472 g/mol. The molecule has 2 heterocycles. The second-order valence-electron chi connectivity index (χ2n) is 8.84. The summed E-state index contributed by atoms with van der Waals surface area (Å²) in [5, 5.41) is 3.11. The predicted molar refractivity (Wildman–Crippen MR) is 127 cm³/mol. The number of fused-ring (bicyclic) bond motifs is 1. The zero-order valence-corrected chi connectivity index (χ0v) is 19.7. The van der Waals surface area contributed by atoms with Crippen LogP contribution in [0.5, 0.6) is 0 Å². The Morgan fingerprint density at radius 2 is 1.75 bits per heavy atom. The molecule has 0 bridgehead atoms. The van der Waals surface area contributed by atoms with E-state index in [0.717, 1.165) is 22.6 Å². The maximum atomic E-state index is 13.1. The minimum atomic E-state index is -0.812. The van der Waals surface area contributed by atoms with Gasteiger partial charge in [-0.25, -0.2) is 9.69 Å². The second-order valence-corrected chi connectivity index (χ2v) is 9.69. The van der Waals surface area contributed by atoms with E-state index in [9.17, 15) is 14.4 Å². The third-order valence-corrected chi connectivity index (χ3v) is 6.82. The third-order valence-electron chi connectivity index (χ3n) is 6.24. The lowest BCUT2D eigenvalue weighted by molar-refractivity contribution is -0.122. The van der Waals surface area contributed by atoms with Crippen LogP contribution >= 0.6 is 23.2 Å². The summed E-state index contributed by atoms with van der Waals surface area (Å²) >= 11 is 12.5. The van der Waals surface area contributed by atoms with Crippen LogP contribution < -0.4 is 15.1 Å². The Hall–Kier alpha value is -2.83. The second kappa shape index (κ2) is 7.94. The molecule has 2 aliphatic rings. The highest BCUT2D eigenvalue weighted by molar-refractivity contribution is 6.40. The summed E-state index contributed by atoms with van der Waals surface area (Å²) in [5.74, 6) is -1.21. The molecule has 166 valence electrons. The third kappa shape index (κ3) is 3.78. The van der Waals surface area contributed by atoms with Crippen molar-refractivity contribution in [1.82, 2.24) is 5.32 Å². The van der Waals surface area contributed by atoms with E-state index in [1.54, 1.807) is 24.3 Å². The van der Waals surface area contributed by atoms with E-state index in [1.807, 2.05) is 19.2 Å². The van der Waals surface area contributed by atoms with Crippen molar-refractivity contribution in [3.63, 3.8) is 0 Å². The van der Waals surface area contributed by atoms with E-state index < -0.39 is 17.8 Å². The van der Waals surface area contributed by atoms with Crippen LogP contribution in [-0.2, 0) is 9.59 Å². The van der Waals surface area contributed by atoms with Gasteiger partial charge in [-0.15, -0.1) is 0 Å². The lowest BCUT2D eigenvalue weighted by Gasteiger charge is -2.45. The molecule has 32 heavy (non-hydrogen) atoms. The van der Waals surface area contributed by atoms with Gasteiger partial charge in [0.25, 0.3) is 11.8 Å². The first kappa shape index (κ1) is 22.4. The van der Waals surface area contributed by atoms with Gasteiger partial charge in [0.1, 0.15) is 5.57 Å². The molecule has 0 aliphatic carbocycles. The molecule has 2 aromatic rings. The molecule has 1 N–H and O–H groups in total. The van der Waals surface area contributed by atoms with E-state index in [1.165, 1.54) is 6.08 Å². The van der Waals surface area contributed by atoms with Crippen molar-refractivity contribution in [3.8, 4) is 0 Å². The van der Waals surface area contributed by atoms with Crippen molar-refractivity contribution >= 4 is 58.5 Å². The van der Waals surface area contributed by atoms with Crippen LogP contribution in [0.1, 0.15) is 44.2 Å². The number of amides is 4. The SMILES string of the molecule is CC1CC(C)(C)N(C)c2cc(Cl)c(/C=C3\C(=O)NC(=O)N(c4ccc(Cl)cc4)C3=O)cc21. The van der Waals surface area contributed by atoms with Crippen molar-refractivity contribution in [2.45, 2.75) is 38.6 Å². The van der Waals surface area contributed by atoms with Crippen LogP contribution in [0.2, 0.25) is 10.0 Å². The molecule has 4 rings (SSSR count). The van der Waals surface area contributed by atoms with Gasteiger partial charge in [-0.3, -0.25) is 14.9 Å². The molecule has 0 aromatic heterocycles. The van der Waals surface area contributed by atoms with Crippen LogP contribution in [0, 0.1) is 0 Å². The number of barbiturate groups is 1. The maximum absolute atomic E-state index is 13.1. The highest BCUT2D eigenvalue weighted by Crippen LogP contribution is 2.44. The largest absolute Gasteiger partial charge is 0.369 e. The Balaban J connectivity index is 1.77. The minimum Gasteiger partial charge on any atom is -0.369 e. The Labute approximate surface area is 196 Å². The van der Waals surface area contributed by atoms with Gasteiger partial charge >= 0.3 is 6.03 Å². The van der Waals surface area contributed by atoms with Gasteiger partial charge in [-0.2, -0.15) is 0 Å². The number of benzene rings is 2. The van der Waals surface area contributed by atoms with Gasteiger partial charge in [0.2, 0.25) is 0 Å². The molecule has 0 saturated carbocycles. The quantitative estimate of drug-likeness (QED) is 0.471. The van der Waals surface area contributed by atoms with Gasteiger partial charge in [-0.1, -0.05) is 30.1 Å². The molecule has 8 heteroatoms. The zero-order valence-electron chi connectivity index (χ0n) is 18.2. The van der Waals surface area contributed by atoms with E-state index in [2.05, 4.69) is 31.0 Å². The summed E-state index contributed by atoms with van der Waals surface area (Å²) in [4.78, 5) is 41.2. The lowest BCUT2D eigenvalue weighted by atomic mass is 9.80. The molecule has 0 spiro atoms. The molecule has 1 fully saturated rings. The van der Waals surface area contributed by atoms with E-state index in [0.29, 0.717) is 21.3 Å². The van der Waals surface area contributed by atoms with Crippen LogP contribution in [0.15, 0.2) is 42.0 Å². The average Bonchev–Trinajstić information content (AvgIpc) is 2.71. The Morgan fingerprint density at radius 3 is 2.41 bits per heavy atom. The number of hydrogen-bond acceptors (Lipinski definition) is 4. The van der Waals surface area contributed by atoms with Gasteiger partial charge in [0, 0.05) is 28.3 Å². The number of carbonyl (C=O) groups excluding carboxylic acids is 3. The van der Waals surface area contributed by atoms with Gasteiger partial charge in [-0.05, 0) is 79.8 Å². The molecule has 1 unspecified atom stereocenters. The molecule has 2 aromatic carbocycles. The van der Waals surface area contributed by atoms with Gasteiger partial charge < -0.3 is 4.90 Å². The Bertz CT molecular complexity index is 1170. The van der Waals surface area contributed by atoms with E-state index in [-0.39, 0.29) is 17.0 Å². The fraction of sp³-hybridized carbons (Fsp3) is 0.292. The summed E-state index contributed by atoms with van der Waals surface area (Å²) in [7, 11) is 2.03. The van der Waals surface area contributed by atoms with Crippen molar-refractivity contribution in [2.75, 3.05) is 16.8 Å². The minimum absolute atomic E-state index is 0.0195. The van der Waals surface area contributed by atoms with Crippen molar-refractivity contribution in [3.05, 3.63) is 63.1 Å². The molecule has 0 radical (unpaired) electrons. The van der Waals surface area contributed by atoms with Crippen molar-refractivity contribution in [2.24, 2.45) is 0 Å². The fourth-order valence-electron chi connectivity index (χ4n) is 4.35. The number of hydrogen-bond donors (Lipinski definition) is 1. The number of halogens is 2. The van der Waals surface area contributed by atoms with Crippen LogP contribution in [0.25, 0.3) is 6.08 Å². The first-order valence-electron chi connectivity index (χ1n) is 10.2. The number of carbonyl (C=O) groups is 3. The molecular weight excluding hydrogens is 449 g/mol. The maximum Gasteiger partial charge on any atom is 0.335 e. The predicted octanol–water partition coefficient (Wildman–Crippen LogP) is 5.38. The number of nitrogens with zero attached hydrogens (tertiary/aromatic N) is 2.